The Kier molecular flexibility index (Phi) is 5.13. The summed E-state index contributed by atoms with van der Waals surface area (Å²) in [4.78, 5) is 34.7. The third-order valence-electron chi connectivity index (χ3n) is 2.50. The summed E-state index contributed by atoms with van der Waals surface area (Å²) >= 11 is 0. The van der Waals surface area contributed by atoms with E-state index in [1.165, 1.54) is 17.0 Å². The third kappa shape index (κ3) is 4.30. The maximum Gasteiger partial charge on any atom is 0.371 e. The van der Waals surface area contributed by atoms with Gasteiger partial charge in [0.2, 0.25) is 11.7 Å². The van der Waals surface area contributed by atoms with E-state index in [1.54, 1.807) is 13.8 Å². The molecular formula is C12H17N3O5. The van der Waals surface area contributed by atoms with Crippen LogP contribution in [0.5, 0.6) is 0 Å². The summed E-state index contributed by atoms with van der Waals surface area (Å²) in [7, 11) is 0. The van der Waals surface area contributed by atoms with Gasteiger partial charge in [-0.15, -0.1) is 0 Å². The normalized spacial score (nSPS) is 10.3. The lowest BCUT2D eigenvalue weighted by Crippen LogP contribution is -2.47. The molecule has 0 aliphatic rings. The Labute approximate surface area is 115 Å². The number of hydrogen-bond acceptors (Lipinski definition) is 4. The zero-order valence-corrected chi connectivity index (χ0v) is 11.3. The van der Waals surface area contributed by atoms with Crippen molar-refractivity contribution < 1.29 is 23.9 Å². The first kappa shape index (κ1) is 15.5. The molecule has 0 aliphatic heterocycles. The predicted octanol–water partition coefficient (Wildman–Crippen LogP) is 0.383. The van der Waals surface area contributed by atoms with Crippen LogP contribution in [0.3, 0.4) is 0 Å². The highest BCUT2D eigenvalue weighted by Crippen LogP contribution is 2.08. The van der Waals surface area contributed by atoms with E-state index in [0.717, 1.165) is 0 Å². The predicted molar refractivity (Wildman–Crippen MR) is 68.9 cm³/mol. The van der Waals surface area contributed by atoms with Crippen LogP contribution in [-0.4, -0.2) is 40.5 Å². The molecule has 1 heterocycles. The standard InChI is InChI=1S/C12H17N3O5/c1-7(2)15(6-10(13)16)12(19)14-5-8-3-4-9(20-8)11(17)18/h3-4,7H,5-6H2,1-2H3,(H2,13,16)(H,14,19)(H,17,18). The lowest BCUT2D eigenvalue weighted by atomic mass is 10.3. The fourth-order valence-corrected chi connectivity index (χ4v) is 1.51. The van der Waals surface area contributed by atoms with Crippen molar-refractivity contribution in [1.29, 1.82) is 0 Å². The third-order valence-corrected chi connectivity index (χ3v) is 2.50. The van der Waals surface area contributed by atoms with Gasteiger partial charge in [-0.05, 0) is 26.0 Å². The van der Waals surface area contributed by atoms with E-state index < -0.39 is 17.9 Å². The van der Waals surface area contributed by atoms with Gasteiger partial charge in [-0.1, -0.05) is 0 Å². The quantitative estimate of drug-likeness (QED) is 0.696. The van der Waals surface area contributed by atoms with Crippen molar-refractivity contribution >= 4 is 17.9 Å². The van der Waals surface area contributed by atoms with Gasteiger partial charge in [0.1, 0.15) is 12.3 Å². The summed E-state index contributed by atoms with van der Waals surface area (Å²) in [5, 5.41) is 11.2. The van der Waals surface area contributed by atoms with Crippen molar-refractivity contribution in [2.45, 2.75) is 26.4 Å². The smallest absolute Gasteiger partial charge is 0.371 e. The summed E-state index contributed by atoms with van der Waals surface area (Å²) in [6.07, 6.45) is 0. The molecule has 0 radical (unpaired) electrons. The number of primary amides is 1. The van der Waals surface area contributed by atoms with E-state index in [1.807, 2.05) is 0 Å². The molecule has 110 valence electrons. The molecule has 0 aromatic carbocycles. The van der Waals surface area contributed by atoms with Gasteiger partial charge in [-0.2, -0.15) is 0 Å². The van der Waals surface area contributed by atoms with Crippen LogP contribution in [-0.2, 0) is 11.3 Å². The number of furan rings is 1. The maximum absolute atomic E-state index is 11.9. The Morgan fingerprint density at radius 1 is 1.40 bits per heavy atom. The Bertz CT molecular complexity index is 509. The molecule has 4 N–H and O–H groups in total. The molecule has 0 atom stereocenters. The van der Waals surface area contributed by atoms with Gasteiger partial charge >= 0.3 is 12.0 Å². The minimum Gasteiger partial charge on any atom is -0.475 e. The molecule has 8 nitrogen and oxygen atoms in total. The average molecular weight is 283 g/mol. The minimum atomic E-state index is -1.18. The van der Waals surface area contributed by atoms with Gasteiger partial charge in [0.15, 0.2) is 0 Å². The number of hydrogen-bond donors (Lipinski definition) is 3. The second-order valence-corrected chi connectivity index (χ2v) is 4.42. The van der Waals surface area contributed by atoms with E-state index in [4.69, 9.17) is 15.3 Å². The highest BCUT2D eigenvalue weighted by Gasteiger charge is 2.19. The van der Waals surface area contributed by atoms with Crippen molar-refractivity contribution in [3.63, 3.8) is 0 Å². The van der Waals surface area contributed by atoms with Crippen molar-refractivity contribution in [2.24, 2.45) is 5.73 Å². The number of amides is 3. The molecule has 0 spiro atoms. The Morgan fingerprint density at radius 3 is 2.50 bits per heavy atom. The van der Waals surface area contributed by atoms with E-state index >= 15 is 0 Å². The number of nitrogens with one attached hydrogen (secondary N) is 1. The van der Waals surface area contributed by atoms with Crippen LogP contribution in [0, 0.1) is 0 Å². The van der Waals surface area contributed by atoms with Gasteiger partial charge in [-0.3, -0.25) is 4.79 Å². The van der Waals surface area contributed by atoms with Gasteiger partial charge in [-0.25, -0.2) is 9.59 Å². The van der Waals surface area contributed by atoms with Crippen molar-refractivity contribution in [3.05, 3.63) is 23.7 Å². The van der Waals surface area contributed by atoms with Crippen LogP contribution < -0.4 is 11.1 Å². The molecule has 0 fully saturated rings. The second-order valence-electron chi connectivity index (χ2n) is 4.42. The fraction of sp³-hybridized carbons (Fsp3) is 0.417. The number of carbonyl (C=O) groups excluding carboxylic acids is 2. The largest absolute Gasteiger partial charge is 0.475 e. The number of aromatic carboxylic acids is 1. The van der Waals surface area contributed by atoms with Crippen molar-refractivity contribution in [3.8, 4) is 0 Å². The summed E-state index contributed by atoms with van der Waals surface area (Å²) in [5.41, 5.74) is 5.07. The zero-order valence-electron chi connectivity index (χ0n) is 11.3. The Hall–Kier alpha value is -2.51. The summed E-state index contributed by atoms with van der Waals surface area (Å²) < 4.78 is 4.99. The average Bonchev–Trinajstić information content (AvgIpc) is 2.81. The lowest BCUT2D eigenvalue weighted by molar-refractivity contribution is -0.118. The van der Waals surface area contributed by atoms with Gasteiger partial charge in [0.25, 0.3) is 0 Å². The minimum absolute atomic E-state index is 0.0219. The van der Waals surface area contributed by atoms with E-state index in [-0.39, 0.29) is 24.9 Å². The molecule has 0 unspecified atom stereocenters. The summed E-state index contributed by atoms with van der Waals surface area (Å²) in [5.74, 6) is -1.69. The summed E-state index contributed by atoms with van der Waals surface area (Å²) in [6, 6.07) is 2.08. The van der Waals surface area contributed by atoms with Gasteiger partial charge in [0, 0.05) is 6.04 Å². The number of carboxylic acid groups (broad SMARTS) is 1. The molecular weight excluding hydrogens is 266 g/mol. The van der Waals surface area contributed by atoms with E-state index in [9.17, 15) is 14.4 Å². The van der Waals surface area contributed by atoms with Crippen LogP contribution >= 0.6 is 0 Å². The molecule has 0 saturated carbocycles. The highest BCUT2D eigenvalue weighted by atomic mass is 16.4. The van der Waals surface area contributed by atoms with Crippen LogP contribution in [0.2, 0.25) is 0 Å². The monoisotopic (exact) mass is 283 g/mol. The molecule has 0 aliphatic carbocycles. The van der Waals surface area contributed by atoms with Crippen LogP contribution in [0.15, 0.2) is 16.5 Å². The van der Waals surface area contributed by atoms with Crippen LogP contribution in [0.4, 0.5) is 4.79 Å². The van der Waals surface area contributed by atoms with Crippen LogP contribution in [0.25, 0.3) is 0 Å². The van der Waals surface area contributed by atoms with E-state index in [0.29, 0.717) is 5.76 Å². The van der Waals surface area contributed by atoms with Crippen LogP contribution in [0.1, 0.15) is 30.2 Å². The molecule has 0 bridgehead atoms. The molecule has 3 amide bonds. The zero-order chi connectivity index (χ0) is 15.3. The number of urea groups is 1. The maximum atomic E-state index is 11.9. The lowest BCUT2D eigenvalue weighted by Gasteiger charge is -2.25. The van der Waals surface area contributed by atoms with Gasteiger partial charge < -0.3 is 25.5 Å². The van der Waals surface area contributed by atoms with E-state index in [2.05, 4.69) is 5.32 Å². The molecule has 20 heavy (non-hydrogen) atoms. The number of rotatable bonds is 6. The molecule has 1 aromatic heterocycles. The fourth-order valence-electron chi connectivity index (χ4n) is 1.51. The number of carboxylic acids is 1. The Morgan fingerprint density at radius 2 is 2.05 bits per heavy atom. The first-order valence-electron chi connectivity index (χ1n) is 5.96. The molecule has 1 aromatic rings. The summed E-state index contributed by atoms with van der Waals surface area (Å²) in [6.45, 7) is 3.33. The first-order valence-corrected chi connectivity index (χ1v) is 5.96. The molecule has 8 heteroatoms. The first-order chi connectivity index (χ1) is 9.31. The number of nitrogens with zero attached hydrogens (tertiary/aromatic N) is 1. The molecule has 0 saturated heterocycles. The Balaban J connectivity index is 2.59. The molecule has 1 rings (SSSR count). The topological polar surface area (TPSA) is 126 Å². The van der Waals surface area contributed by atoms with Crippen molar-refractivity contribution in [2.75, 3.05) is 6.54 Å². The number of nitrogens with two attached hydrogens (primary N) is 1. The van der Waals surface area contributed by atoms with Gasteiger partial charge in [0.05, 0.1) is 6.54 Å². The van der Waals surface area contributed by atoms with Crippen molar-refractivity contribution in [1.82, 2.24) is 10.2 Å². The SMILES string of the molecule is CC(C)N(CC(N)=O)C(=O)NCc1ccc(C(=O)O)o1. The second kappa shape index (κ2) is 6.60. The highest BCUT2D eigenvalue weighted by molar-refractivity contribution is 5.84. The number of carbonyl (C=O) groups is 3.